The number of nitrogens with two attached hydrogens (primary N) is 1. The molecule has 0 aliphatic rings. The molecule has 1 aromatic rings. The van der Waals surface area contributed by atoms with Crippen molar-refractivity contribution in [2.75, 3.05) is 26.7 Å². The van der Waals surface area contributed by atoms with Crippen LogP contribution in [0.25, 0.3) is 0 Å². The van der Waals surface area contributed by atoms with E-state index in [1.807, 2.05) is 38.2 Å². The van der Waals surface area contributed by atoms with Gasteiger partial charge in [-0.15, -0.1) is 12.4 Å². The molecule has 1 rings (SSSR count). The molecule has 2 N–H and O–H groups in total. The number of hydrogen-bond donors (Lipinski definition) is 1. The van der Waals surface area contributed by atoms with Gasteiger partial charge in [0.05, 0.1) is 6.61 Å². The van der Waals surface area contributed by atoms with Gasteiger partial charge in [-0.2, -0.15) is 0 Å². The molecule has 0 saturated carbocycles. The van der Waals surface area contributed by atoms with E-state index in [1.165, 1.54) is 5.56 Å². The Morgan fingerprint density at radius 3 is 2.61 bits per heavy atom. The summed E-state index contributed by atoms with van der Waals surface area (Å²) < 4.78 is 5.69. The molecule has 1 amide bonds. The van der Waals surface area contributed by atoms with Crippen molar-refractivity contribution in [1.29, 1.82) is 0 Å². The highest BCUT2D eigenvalue weighted by Crippen LogP contribution is 2.15. The number of carbonyl (C=O) groups is 1. The molecular weight excluding hydrogens is 312 g/mol. The van der Waals surface area contributed by atoms with Crippen molar-refractivity contribution >= 4 is 18.3 Å². The van der Waals surface area contributed by atoms with Crippen LogP contribution in [0.5, 0.6) is 5.75 Å². The molecule has 23 heavy (non-hydrogen) atoms. The number of benzene rings is 1. The monoisotopic (exact) mass is 342 g/mol. The Bertz CT molecular complexity index is 478. The van der Waals surface area contributed by atoms with Crippen LogP contribution in [-0.2, 0) is 4.79 Å². The first-order valence-corrected chi connectivity index (χ1v) is 7.97. The summed E-state index contributed by atoms with van der Waals surface area (Å²) in [7, 11) is 1.85. The van der Waals surface area contributed by atoms with Crippen LogP contribution in [0.1, 0.15) is 38.7 Å². The average molecular weight is 343 g/mol. The zero-order valence-electron chi connectivity index (χ0n) is 14.8. The van der Waals surface area contributed by atoms with E-state index in [2.05, 4.69) is 13.8 Å². The van der Waals surface area contributed by atoms with Crippen molar-refractivity contribution in [3.8, 4) is 5.75 Å². The molecule has 0 fully saturated rings. The first-order chi connectivity index (χ1) is 10.3. The molecule has 0 bridgehead atoms. The highest BCUT2D eigenvalue weighted by atomic mass is 35.5. The van der Waals surface area contributed by atoms with Gasteiger partial charge in [-0.3, -0.25) is 4.79 Å². The standard InChI is InChI=1S/C18H30N2O2.ClH/c1-15-8-7-9-16(12-15)22-11-6-5-10-17(21)20(4)14-18(2,3)13-19;/h7-9,12H,5-6,10-11,13-14,19H2,1-4H3;1H. The van der Waals surface area contributed by atoms with Crippen LogP contribution in [0.4, 0.5) is 0 Å². The van der Waals surface area contributed by atoms with Gasteiger partial charge < -0.3 is 15.4 Å². The second-order valence-corrected chi connectivity index (χ2v) is 6.74. The second kappa shape index (κ2) is 10.5. The van der Waals surface area contributed by atoms with Crippen molar-refractivity contribution in [3.05, 3.63) is 29.8 Å². The van der Waals surface area contributed by atoms with Gasteiger partial charge >= 0.3 is 0 Å². The molecule has 0 spiro atoms. The zero-order chi connectivity index (χ0) is 16.6. The van der Waals surface area contributed by atoms with Gasteiger partial charge in [0.15, 0.2) is 0 Å². The molecule has 0 aliphatic heterocycles. The topological polar surface area (TPSA) is 55.6 Å². The molecule has 0 unspecified atom stereocenters. The SMILES string of the molecule is Cc1cccc(OCCCCC(=O)N(C)CC(C)(C)CN)c1.Cl. The van der Waals surface area contributed by atoms with E-state index >= 15 is 0 Å². The summed E-state index contributed by atoms with van der Waals surface area (Å²) >= 11 is 0. The van der Waals surface area contributed by atoms with E-state index < -0.39 is 0 Å². The number of ether oxygens (including phenoxy) is 1. The highest BCUT2D eigenvalue weighted by Gasteiger charge is 2.20. The molecule has 0 heterocycles. The van der Waals surface area contributed by atoms with Crippen molar-refractivity contribution in [2.45, 2.75) is 40.0 Å². The molecule has 0 atom stereocenters. The van der Waals surface area contributed by atoms with Crippen molar-refractivity contribution in [2.24, 2.45) is 11.1 Å². The Balaban J connectivity index is 0.00000484. The molecule has 0 radical (unpaired) electrons. The minimum absolute atomic E-state index is 0. The summed E-state index contributed by atoms with van der Waals surface area (Å²) in [4.78, 5) is 13.8. The highest BCUT2D eigenvalue weighted by molar-refractivity contribution is 5.85. The van der Waals surface area contributed by atoms with Gasteiger partial charge in [-0.25, -0.2) is 0 Å². The predicted octanol–water partition coefficient (Wildman–Crippen LogP) is 3.41. The Kier molecular flexibility index (Phi) is 9.93. The summed E-state index contributed by atoms with van der Waals surface area (Å²) in [6.45, 7) is 8.12. The van der Waals surface area contributed by atoms with Crippen LogP contribution in [-0.4, -0.2) is 37.6 Å². The predicted molar refractivity (Wildman–Crippen MR) is 98.2 cm³/mol. The lowest BCUT2D eigenvalue weighted by Crippen LogP contribution is -2.39. The third-order valence-electron chi connectivity index (χ3n) is 3.69. The Morgan fingerprint density at radius 2 is 2.00 bits per heavy atom. The minimum atomic E-state index is -0.0291. The second-order valence-electron chi connectivity index (χ2n) is 6.74. The number of rotatable bonds is 9. The van der Waals surface area contributed by atoms with E-state index in [1.54, 1.807) is 4.90 Å². The van der Waals surface area contributed by atoms with Crippen LogP contribution in [0, 0.1) is 12.3 Å². The maximum Gasteiger partial charge on any atom is 0.222 e. The molecule has 0 aromatic heterocycles. The van der Waals surface area contributed by atoms with Crippen molar-refractivity contribution in [3.63, 3.8) is 0 Å². The lowest BCUT2D eigenvalue weighted by molar-refractivity contribution is -0.131. The third kappa shape index (κ3) is 8.82. The number of halogens is 1. The largest absolute Gasteiger partial charge is 0.494 e. The fraction of sp³-hybridized carbons (Fsp3) is 0.611. The van der Waals surface area contributed by atoms with Gasteiger partial charge in [0.1, 0.15) is 5.75 Å². The van der Waals surface area contributed by atoms with Gasteiger partial charge in [0.2, 0.25) is 5.91 Å². The number of carbonyl (C=O) groups excluding carboxylic acids is 1. The molecule has 4 nitrogen and oxygen atoms in total. The fourth-order valence-corrected chi connectivity index (χ4v) is 2.26. The van der Waals surface area contributed by atoms with E-state index in [0.717, 1.165) is 18.6 Å². The first kappa shape index (κ1) is 21.7. The summed E-state index contributed by atoms with van der Waals surface area (Å²) in [6.07, 6.45) is 2.29. The summed E-state index contributed by atoms with van der Waals surface area (Å²) in [5, 5.41) is 0. The zero-order valence-corrected chi connectivity index (χ0v) is 15.6. The number of aryl methyl sites for hydroxylation is 1. The molecule has 0 aliphatic carbocycles. The van der Waals surface area contributed by atoms with E-state index in [9.17, 15) is 4.79 Å². The van der Waals surface area contributed by atoms with E-state index in [-0.39, 0.29) is 23.7 Å². The summed E-state index contributed by atoms with van der Waals surface area (Å²) in [6, 6.07) is 8.02. The van der Waals surface area contributed by atoms with E-state index in [0.29, 0.717) is 26.1 Å². The lowest BCUT2D eigenvalue weighted by Gasteiger charge is -2.29. The van der Waals surface area contributed by atoms with E-state index in [4.69, 9.17) is 10.5 Å². The summed E-state index contributed by atoms with van der Waals surface area (Å²) in [5.74, 6) is 1.07. The molecule has 5 heteroatoms. The van der Waals surface area contributed by atoms with Crippen LogP contribution >= 0.6 is 12.4 Å². The van der Waals surface area contributed by atoms with Crippen LogP contribution < -0.4 is 10.5 Å². The van der Waals surface area contributed by atoms with Gasteiger partial charge in [0.25, 0.3) is 0 Å². The molecular formula is C18H31ClN2O2. The number of unbranched alkanes of at least 4 members (excludes halogenated alkanes) is 1. The molecule has 1 aromatic carbocycles. The average Bonchev–Trinajstić information content (AvgIpc) is 2.46. The van der Waals surface area contributed by atoms with Gasteiger partial charge in [0, 0.05) is 20.0 Å². The first-order valence-electron chi connectivity index (χ1n) is 7.97. The quantitative estimate of drug-likeness (QED) is 0.700. The van der Waals surface area contributed by atoms with Gasteiger partial charge in [-0.1, -0.05) is 26.0 Å². The fourth-order valence-electron chi connectivity index (χ4n) is 2.26. The third-order valence-corrected chi connectivity index (χ3v) is 3.69. The van der Waals surface area contributed by atoms with Crippen LogP contribution in [0.2, 0.25) is 0 Å². The Labute approximate surface area is 146 Å². The Morgan fingerprint density at radius 1 is 1.30 bits per heavy atom. The molecule has 0 saturated heterocycles. The maximum atomic E-state index is 12.1. The van der Waals surface area contributed by atoms with Crippen LogP contribution in [0.3, 0.4) is 0 Å². The van der Waals surface area contributed by atoms with Crippen LogP contribution in [0.15, 0.2) is 24.3 Å². The minimum Gasteiger partial charge on any atom is -0.494 e. The molecule has 132 valence electrons. The number of hydrogen-bond acceptors (Lipinski definition) is 3. The Hall–Kier alpha value is -1.26. The number of nitrogens with zero attached hydrogens (tertiary/aromatic N) is 1. The normalized spacial score (nSPS) is 10.8. The number of amides is 1. The lowest BCUT2D eigenvalue weighted by atomic mass is 9.93. The van der Waals surface area contributed by atoms with Crippen molar-refractivity contribution in [1.82, 2.24) is 4.90 Å². The smallest absolute Gasteiger partial charge is 0.222 e. The maximum absolute atomic E-state index is 12.1. The van der Waals surface area contributed by atoms with Gasteiger partial charge in [-0.05, 0) is 49.4 Å². The summed E-state index contributed by atoms with van der Waals surface area (Å²) in [5.41, 5.74) is 6.87. The van der Waals surface area contributed by atoms with Crippen molar-refractivity contribution < 1.29 is 9.53 Å².